The summed E-state index contributed by atoms with van der Waals surface area (Å²) in [5.41, 5.74) is 36.3. The molecule has 0 saturated heterocycles. The predicted molar refractivity (Wildman–Crippen MR) is 582 cm³/mol. The molecule has 0 aliphatic heterocycles. The Morgan fingerprint density at radius 1 is 0.141 bits per heavy atom. The van der Waals surface area contributed by atoms with E-state index >= 15 is 0 Å². The fourth-order valence-electron chi connectivity index (χ4n) is 21.8. The van der Waals surface area contributed by atoms with Crippen LogP contribution in [0.25, 0.3) is 232 Å². The molecule has 0 bridgehead atoms. The second-order valence-electron chi connectivity index (χ2n) is 35.6. The molecule has 0 unspecified atom stereocenters. The lowest BCUT2D eigenvalue weighted by molar-refractivity contribution is 1.17. The maximum absolute atomic E-state index is 9.95. The molecule has 0 aliphatic carbocycles. The first-order valence-corrected chi connectivity index (χ1v) is 47.3. The molecular weight excluding hydrogens is 1730 g/mol. The summed E-state index contributed by atoms with van der Waals surface area (Å²) in [6.45, 7) is 0. The number of rotatable bonds is 12. The van der Waals surface area contributed by atoms with Gasteiger partial charge in [-0.1, -0.05) is 303 Å². The molecule has 0 saturated carbocycles. The van der Waals surface area contributed by atoms with E-state index in [1.54, 1.807) is 0 Å². The topological polar surface area (TPSA) is 149 Å². The van der Waals surface area contributed by atoms with Crippen LogP contribution in [0.4, 0.5) is 0 Å². The molecule has 0 spiro atoms. The quantitative estimate of drug-likeness (QED) is 0.119. The van der Waals surface area contributed by atoms with Gasteiger partial charge in [-0.05, 0) is 226 Å². The summed E-state index contributed by atoms with van der Waals surface area (Å²) in [6, 6.07) is 178. The Kier molecular flexibility index (Phi) is 20.6. The van der Waals surface area contributed by atoms with Gasteiger partial charge in [0.25, 0.3) is 0 Å². The first-order valence-electron chi connectivity index (χ1n) is 47.3. The molecule has 27 rings (SSSR count). The molecule has 27 aromatic rings. The number of nitriles is 5. The predicted octanol–water partition coefficient (Wildman–Crippen LogP) is 33.0. The molecule has 11 heteroatoms. The highest BCUT2D eigenvalue weighted by Gasteiger charge is 2.27. The van der Waals surface area contributed by atoms with Gasteiger partial charge in [0, 0.05) is 104 Å². The summed E-state index contributed by atoms with van der Waals surface area (Å²) in [5, 5.41) is 62.6. The number of benzene rings is 21. The zero-order valence-corrected chi connectivity index (χ0v) is 76.5. The van der Waals surface area contributed by atoms with Crippen LogP contribution < -0.4 is 0 Å². The van der Waals surface area contributed by atoms with Gasteiger partial charge in [0.1, 0.15) is 12.1 Å². The monoisotopic (exact) mass is 1810 g/mol. The van der Waals surface area contributed by atoms with Gasteiger partial charge < -0.3 is 27.4 Å². The molecule has 0 atom stereocenters. The second-order valence-corrected chi connectivity index (χ2v) is 35.6. The molecule has 0 aliphatic rings. The Labute approximate surface area is 817 Å². The molecule has 0 amide bonds. The van der Waals surface area contributed by atoms with Gasteiger partial charge in [0.15, 0.2) is 0 Å². The summed E-state index contributed by atoms with van der Waals surface area (Å²) < 4.78 is 13.7. The fraction of sp³-hybridized carbons (Fsp3) is 0. The normalized spacial score (nSPS) is 11.3. The van der Waals surface area contributed by atoms with Crippen LogP contribution in [0.5, 0.6) is 0 Å². The Morgan fingerprint density at radius 3 is 0.761 bits per heavy atom. The van der Waals surface area contributed by atoms with E-state index in [1.807, 2.05) is 115 Å². The average Bonchev–Trinajstić information content (AvgIpc) is 1.53. The molecule has 6 aromatic heterocycles. The van der Waals surface area contributed by atoms with Crippen molar-refractivity contribution in [1.29, 1.82) is 26.3 Å². The maximum atomic E-state index is 9.95. The molecule has 0 fully saturated rings. The van der Waals surface area contributed by atoms with Crippen molar-refractivity contribution in [2.24, 2.45) is 0 Å². The van der Waals surface area contributed by atoms with E-state index in [2.05, 4.69) is 422 Å². The van der Waals surface area contributed by atoms with Crippen LogP contribution in [-0.4, -0.2) is 27.4 Å². The zero-order chi connectivity index (χ0) is 95.0. The summed E-state index contributed by atoms with van der Waals surface area (Å²) in [5.74, 6) is 0. The van der Waals surface area contributed by atoms with E-state index in [1.165, 1.54) is 71.0 Å². The zero-order valence-electron chi connectivity index (χ0n) is 76.5. The molecule has 11 nitrogen and oxygen atoms in total. The minimum Gasteiger partial charge on any atom is -0.309 e. The van der Waals surface area contributed by atoms with Gasteiger partial charge >= 0.3 is 0 Å². The third-order valence-electron chi connectivity index (χ3n) is 28.0. The Morgan fingerprint density at radius 2 is 0.394 bits per heavy atom. The van der Waals surface area contributed by atoms with E-state index < -0.39 is 0 Å². The van der Waals surface area contributed by atoms with Crippen molar-refractivity contribution in [3.8, 4) is 131 Å². The number of aromatic nitrogens is 6. The Balaban J connectivity index is 0.000000112. The number of hydrogen-bond acceptors (Lipinski definition) is 5. The van der Waals surface area contributed by atoms with Crippen LogP contribution in [0.3, 0.4) is 0 Å². The van der Waals surface area contributed by atoms with E-state index in [0.717, 1.165) is 161 Å². The number of nitrogens with zero attached hydrogens (tertiary/aromatic N) is 11. The summed E-state index contributed by atoms with van der Waals surface area (Å²) >= 11 is 0. The lowest BCUT2D eigenvalue weighted by Gasteiger charge is -2.15. The Hall–Kier alpha value is -20.1. The summed E-state index contributed by atoms with van der Waals surface area (Å²) in [6.07, 6.45) is 0. The van der Waals surface area contributed by atoms with Gasteiger partial charge in [0.05, 0.1) is 124 Å². The van der Waals surface area contributed by atoms with Crippen molar-refractivity contribution in [3.63, 3.8) is 0 Å². The lowest BCUT2D eigenvalue weighted by atomic mass is 9.92. The highest BCUT2D eigenvalue weighted by Crippen LogP contribution is 2.49. The minimum absolute atomic E-state index is 0.626. The molecule has 142 heavy (non-hydrogen) atoms. The van der Waals surface area contributed by atoms with E-state index in [9.17, 15) is 26.3 Å². The summed E-state index contributed by atoms with van der Waals surface area (Å²) in [7, 11) is 0. The highest BCUT2D eigenvalue weighted by atomic mass is 15.0. The van der Waals surface area contributed by atoms with Gasteiger partial charge in [-0.3, -0.25) is 0 Å². The SMILES string of the molecule is N#Cc1ccc(-n2c3ccccc3c3cc(-c4ccccc4-c4cccc5c6ccccc6n(-c6ccccc6)c45)ccc32)cc1.N#Cc1ccc(-n2c3ccccc3c3cccc(-c4ccccc4-c4ccc5c(c4)c4ccccc4n5-c4ccccc4C#N)c32)cc1.N#Cc1cccc(-n2c3ccccc3c3cccc(-c4ccccc4-c4ccc5c(c4)c4ccccc4n5-c4ccccc4C#N)c32)c1. The molecule has 6 heterocycles. The standard InChI is InChI=1S/2C44H26N4.C43H27N3/c45-27-29-11-9-13-32(25-29)47-41-21-7-4-16-35(41)38-19-10-18-37(44(38)47)34-15-3-2-14-33(34)30-23-24-43-39(26-30)36-17-5-8-22-42(36)48(43)40-20-6-1-12-31(40)28-46;45-27-29-20-23-32(24-21-29)47-41-18-7-4-13-35(41)38-16-9-15-37(44(38)47)34-12-3-2-11-33(34)30-22-25-43-39(26-30)36-14-5-8-19-42(36)48(43)40-17-6-1-10-31(40)28-46;44-28-29-21-24-32(25-22-29)45-40-19-8-7-16-36(40)39-27-30(23-26-42(39)45)33-13-4-5-14-34(33)37-17-10-18-38-35-15-6-9-20-41(35)46(43(37)38)31-11-2-1-3-12-31/h2*1-26H;1-27H. The fourth-order valence-corrected chi connectivity index (χ4v) is 21.8. The third-order valence-corrected chi connectivity index (χ3v) is 28.0. The van der Waals surface area contributed by atoms with Crippen LogP contribution in [0.2, 0.25) is 0 Å². The van der Waals surface area contributed by atoms with Gasteiger partial charge in [0.2, 0.25) is 0 Å². The van der Waals surface area contributed by atoms with Gasteiger partial charge in [-0.25, -0.2) is 0 Å². The number of hydrogen-bond donors (Lipinski definition) is 0. The first-order chi connectivity index (χ1) is 70.3. The van der Waals surface area contributed by atoms with E-state index in [-0.39, 0.29) is 0 Å². The van der Waals surface area contributed by atoms with E-state index in [0.29, 0.717) is 27.8 Å². The molecule has 658 valence electrons. The van der Waals surface area contributed by atoms with Crippen molar-refractivity contribution in [2.75, 3.05) is 0 Å². The molecule has 21 aromatic carbocycles. The number of fused-ring (bicyclic) bond motifs is 18. The maximum Gasteiger partial charge on any atom is 0.101 e. The van der Waals surface area contributed by atoms with Crippen LogP contribution >= 0.6 is 0 Å². The lowest BCUT2D eigenvalue weighted by Crippen LogP contribution is -1.97. The van der Waals surface area contributed by atoms with Gasteiger partial charge in [-0.2, -0.15) is 26.3 Å². The molecular formula is C131H79N11. The average molecular weight is 1810 g/mol. The second kappa shape index (κ2) is 35.0. The van der Waals surface area contributed by atoms with Gasteiger partial charge in [-0.15, -0.1) is 0 Å². The Bertz CT molecular complexity index is 10100. The van der Waals surface area contributed by atoms with Crippen molar-refractivity contribution in [1.82, 2.24) is 27.4 Å². The van der Waals surface area contributed by atoms with E-state index in [4.69, 9.17) is 0 Å². The molecule has 0 radical (unpaired) electrons. The smallest absolute Gasteiger partial charge is 0.101 e. The molecule has 0 N–H and O–H groups in total. The third kappa shape index (κ3) is 13.8. The van der Waals surface area contributed by atoms with Crippen molar-refractivity contribution in [3.05, 3.63) is 507 Å². The first kappa shape index (κ1) is 83.7. The largest absolute Gasteiger partial charge is 0.309 e. The van der Waals surface area contributed by atoms with Crippen molar-refractivity contribution >= 4 is 131 Å². The van der Waals surface area contributed by atoms with Crippen LogP contribution in [0.15, 0.2) is 479 Å². The minimum atomic E-state index is 0.626. The summed E-state index contributed by atoms with van der Waals surface area (Å²) in [4.78, 5) is 0. The van der Waals surface area contributed by atoms with Crippen molar-refractivity contribution in [2.45, 2.75) is 0 Å². The van der Waals surface area contributed by atoms with Crippen molar-refractivity contribution < 1.29 is 0 Å². The number of para-hydroxylation sites is 12. The van der Waals surface area contributed by atoms with Crippen LogP contribution in [0.1, 0.15) is 27.8 Å². The van der Waals surface area contributed by atoms with Crippen LogP contribution in [-0.2, 0) is 0 Å². The highest BCUT2D eigenvalue weighted by molar-refractivity contribution is 6.20. The van der Waals surface area contributed by atoms with Crippen LogP contribution in [0, 0.1) is 56.7 Å².